The highest BCUT2D eigenvalue weighted by atomic mass is 35.5. The largest absolute Gasteiger partial charge is 0.374 e. The molecule has 16 heavy (non-hydrogen) atoms. The maximum absolute atomic E-state index is 11.3. The van der Waals surface area contributed by atoms with Gasteiger partial charge in [-0.1, -0.05) is 17.7 Å². The third-order valence-corrected chi connectivity index (χ3v) is 2.08. The van der Waals surface area contributed by atoms with E-state index in [1.807, 2.05) is 5.32 Å². The van der Waals surface area contributed by atoms with Crippen molar-refractivity contribution in [2.24, 2.45) is 5.73 Å². The lowest BCUT2D eigenvalue weighted by Gasteiger charge is -2.13. The zero-order valence-corrected chi connectivity index (χ0v) is 9.41. The van der Waals surface area contributed by atoms with Gasteiger partial charge >= 0.3 is 6.03 Å². The SMILES string of the molecule is CC(Nc1cccc(Cl)c1)C(=O)NC(N)=O. The van der Waals surface area contributed by atoms with E-state index in [-0.39, 0.29) is 0 Å². The van der Waals surface area contributed by atoms with E-state index in [4.69, 9.17) is 17.3 Å². The fraction of sp³-hybridized carbons (Fsp3) is 0.200. The van der Waals surface area contributed by atoms with Crippen LogP contribution in [0.2, 0.25) is 5.02 Å². The maximum atomic E-state index is 11.3. The van der Waals surface area contributed by atoms with Gasteiger partial charge in [0, 0.05) is 10.7 Å². The number of imide groups is 1. The minimum Gasteiger partial charge on any atom is -0.374 e. The number of carbonyl (C=O) groups excluding carboxylic acids is 2. The molecule has 1 aromatic rings. The Hall–Kier alpha value is -1.75. The van der Waals surface area contributed by atoms with Gasteiger partial charge < -0.3 is 11.1 Å². The summed E-state index contributed by atoms with van der Waals surface area (Å²) in [5, 5.41) is 5.43. The van der Waals surface area contributed by atoms with Crippen LogP contribution in [-0.2, 0) is 4.79 Å². The minimum absolute atomic E-state index is 0.493. The lowest BCUT2D eigenvalue weighted by molar-refractivity contribution is -0.120. The van der Waals surface area contributed by atoms with Crippen molar-refractivity contribution >= 4 is 29.2 Å². The van der Waals surface area contributed by atoms with Crippen LogP contribution in [0.25, 0.3) is 0 Å². The fourth-order valence-electron chi connectivity index (χ4n) is 1.12. The van der Waals surface area contributed by atoms with Crippen molar-refractivity contribution in [1.29, 1.82) is 0 Å². The van der Waals surface area contributed by atoms with Crippen LogP contribution in [0.1, 0.15) is 6.92 Å². The average Bonchev–Trinajstić information content (AvgIpc) is 2.16. The molecule has 4 N–H and O–H groups in total. The highest BCUT2D eigenvalue weighted by Crippen LogP contribution is 2.15. The number of halogens is 1. The van der Waals surface area contributed by atoms with Gasteiger partial charge in [0.05, 0.1) is 0 Å². The van der Waals surface area contributed by atoms with Gasteiger partial charge in [-0.15, -0.1) is 0 Å². The van der Waals surface area contributed by atoms with Crippen LogP contribution >= 0.6 is 11.6 Å². The van der Waals surface area contributed by atoms with Gasteiger partial charge in [0.25, 0.3) is 0 Å². The molecule has 0 saturated carbocycles. The summed E-state index contributed by atoms with van der Waals surface area (Å²) in [5.74, 6) is -0.493. The number of primary amides is 1. The molecule has 0 aliphatic heterocycles. The number of carbonyl (C=O) groups is 2. The Morgan fingerprint density at radius 2 is 2.12 bits per heavy atom. The molecule has 0 fully saturated rings. The van der Waals surface area contributed by atoms with Crippen LogP contribution in [0, 0.1) is 0 Å². The van der Waals surface area contributed by atoms with Crippen molar-refractivity contribution in [3.8, 4) is 0 Å². The Kier molecular flexibility index (Phi) is 4.13. The summed E-state index contributed by atoms with van der Waals surface area (Å²) in [6.45, 7) is 1.61. The number of hydrogen-bond acceptors (Lipinski definition) is 3. The van der Waals surface area contributed by atoms with Crippen molar-refractivity contribution in [3.05, 3.63) is 29.3 Å². The molecule has 1 rings (SSSR count). The Bertz CT molecular complexity index is 409. The highest BCUT2D eigenvalue weighted by Gasteiger charge is 2.13. The summed E-state index contributed by atoms with van der Waals surface area (Å²) in [7, 11) is 0. The summed E-state index contributed by atoms with van der Waals surface area (Å²) in [4.78, 5) is 21.8. The molecule has 6 heteroatoms. The van der Waals surface area contributed by atoms with Crippen LogP contribution in [0.15, 0.2) is 24.3 Å². The van der Waals surface area contributed by atoms with Gasteiger partial charge in [-0.3, -0.25) is 10.1 Å². The molecule has 5 nitrogen and oxygen atoms in total. The molecule has 0 heterocycles. The van der Waals surface area contributed by atoms with Crippen molar-refractivity contribution in [3.63, 3.8) is 0 Å². The molecule has 0 bridgehead atoms. The molecule has 1 aromatic carbocycles. The second kappa shape index (κ2) is 5.37. The highest BCUT2D eigenvalue weighted by molar-refractivity contribution is 6.30. The number of anilines is 1. The Labute approximate surface area is 98.0 Å². The number of amides is 3. The first-order chi connectivity index (χ1) is 7.49. The summed E-state index contributed by atoms with van der Waals surface area (Å²) >= 11 is 5.78. The quantitative estimate of drug-likeness (QED) is 0.747. The molecule has 1 unspecified atom stereocenters. The topological polar surface area (TPSA) is 84.2 Å². The van der Waals surface area contributed by atoms with Gasteiger partial charge in [-0.05, 0) is 25.1 Å². The number of urea groups is 1. The van der Waals surface area contributed by atoms with Crippen LogP contribution < -0.4 is 16.4 Å². The first-order valence-corrected chi connectivity index (χ1v) is 4.99. The van der Waals surface area contributed by atoms with Gasteiger partial charge in [0.1, 0.15) is 6.04 Å². The summed E-state index contributed by atoms with van der Waals surface area (Å²) < 4.78 is 0. The fourth-order valence-corrected chi connectivity index (χ4v) is 1.31. The van der Waals surface area contributed by atoms with Crippen LogP contribution in [-0.4, -0.2) is 18.0 Å². The molecule has 0 saturated heterocycles. The van der Waals surface area contributed by atoms with Crippen molar-refractivity contribution in [2.45, 2.75) is 13.0 Å². The van der Waals surface area contributed by atoms with E-state index in [2.05, 4.69) is 5.32 Å². The molecular weight excluding hydrogens is 230 g/mol. The van der Waals surface area contributed by atoms with E-state index in [0.717, 1.165) is 0 Å². The monoisotopic (exact) mass is 241 g/mol. The number of benzene rings is 1. The third kappa shape index (κ3) is 3.78. The van der Waals surface area contributed by atoms with Crippen LogP contribution in [0.4, 0.5) is 10.5 Å². The summed E-state index contributed by atoms with van der Waals surface area (Å²) in [5.41, 5.74) is 5.52. The molecule has 0 aliphatic rings. The first kappa shape index (κ1) is 12.3. The van der Waals surface area contributed by atoms with E-state index in [1.165, 1.54) is 0 Å². The average molecular weight is 242 g/mol. The second-order valence-electron chi connectivity index (χ2n) is 3.23. The standard InChI is InChI=1S/C10H12ClN3O2/c1-6(9(15)14-10(12)16)13-8-4-2-3-7(11)5-8/h2-6,13H,1H3,(H3,12,14,15,16). The zero-order chi connectivity index (χ0) is 12.1. The maximum Gasteiger partial charge on any atom is 0.318 e. The van der Waals surface area contributed by atoms with Crippen molar-refractivity contribution in [1.82, 2.24) is 5.32 Å². The molecule has 86 valence electrons. The number of nitrogens with one attached hydrogen (secondary N) is 2. The second-order valence-corrected chi connectivity index (χ2v) is 3.67. The van der Waals surface area contributed by atoms with Crippen molar-refractivity contribution < 1.29 is 9.59 Å². The lowest BCUT2D eigenvalue weighted by Crippen LogP contribution is -2.43. The molecule has 0 aliphatic carbocycles. The number of hydrogen-bond donors (Lipinski definition) is 3. The van der Waals surface area contributed by atoms with Gasteiger partial charge in [0.15, 0.2) is 0 Å². The Morgan fingerprint density at radius 1 is 1.44 bits per heavy atom. The molecule has 1 atom stereocenters. The Morgan fingerprint density at radius 3 is 2.69 bits per heavy atom. The predicted molar refractivity (Wildman–Crippen MR) is 62.3 cm³/mol. The smallest absolute Gasteiger partial charge is 0.318 e. The minimum atomic E-state index is -0.871. The molecular formula is C10H12ClN3O2. The van der Waals surface area contributed by atoms with Gasteiger partial charge in [-0.2, -0.15) is 0 Å². The summed E-state index contributed by atoms with van der Waals surface area (Å²) in [6, 6.07) is 5.47. The van der Waals surface area contributed by atoms with E-state index in [9.17, 15) is 9.59 Å². The number of rotatable bonds is 3. The number of nitrogens with two attached hydrogens (primary N) is 1. The van der Waals surface area contributed by atoms with Gasteiger partial charge in [0.2, 0.25) is 5.91 Å². The zero-order valence-electron chi connectivity index (χ0n) is 8.66. The predicted octanol–water partition coefficient (Wildman–Crippen LogP) is 1.34. The molecule has 0 radical (unpaired) electrons. The van der Waals surface area contributed by atoms with Crippen molar-refractivity contribution in [2.75, 3.05) is 5.32 Å². The van der Waals surface area contributed by atoms with E-state index < -0.39 is 18.0 Å². The van der Waals surface area contributed by atoms with E-state index in [0.29, 0.717) is 10.7 Å². The van der Waals surface area contributed by atoms with Gasteiger partial charge in [-0.25, -0.2) is 4.79 Å². The molecule has 0 spiro atoms. The van der Waals surface area contributed by atoms with E-state index in [1.54, 1.807) is 31.2 Å². The lowest BCUT2D eigenvalue weighted by atomic mass is 10.2. The first-order valence-electron chi connectivity index (χ1n) is 4.61. The molecule has 3 amide bonds. The van der Waals surface area contributed by atoms with E-state index >= 15 is 0 Å². The third-order valence-electron chi connectivity index (χ3n) is 1.85. The van der Waals surface area contributed by atoms with Crippen LogP contribution in [0.3, 0.4) is 0 Å². The Balaban J connectivity index is 2.60. The summed E-state index contributed by atoms with van der Waals surface area (Å²) in [6.07, 6.45) is 0. The normalized spacial score (nSPS) is 11.6. The molecule has 0 aromatic heterocycles. The van der Waals surface area contributed by atoms with Crippen LogP contribution in [0.5, 0.6) is 0 Å².